The highest BCUT2D eigenvalue weighted by Crippen LogP contribution is 2.22. The van der Waals surface area contributed by atoms with Gasteiger partial charge in [0.25, 0.3) is 0 Å². The zero-order valence-electron chi connectivity index (χ0n) is 9.92. The first kappa shape index (κ1) is 11.1. The molecule has 0 fully saturated rings. The first-order valence-electron chi connectivity index (χ1n) is 5.47. The molecule has 3 heterocycles. The predicted octanol–water partition coefficient (Wildman–Crippen LogP) is 2.46. The van der Waals surface area contributed by atoms with Crippen molar-refractivity contribution in [2.24, 2.45) is 0 Å². The van der Waals surface area contributed by atoms with Crippen LogP contribution in [0.2, 0.25) is 5.15 Å². The van der Waals surface area contributed by atoms with Gasteiger partial charge in [-0.2, -0.15) is 0 Å². The summed E-state index contributed by atoms with van der Waals surface area (Å²) in [4.78, 5) is 8.51. The molecule has 0 radical (unpaired) electrons. The van der Waals surface area contributed by atoms with Crippen molar-refractivity contribution in [1.82, 2.24) is 24.6 Å². The van der Waals surface area contributed by atoms with Crippen LogP contribution >= 0.6 is 11.6 Å². The molecule has 90 valence electrons. The first-order chi connectivity index (χ1) is 8.68. The van der Waals surface area contributed by atoms with Crippen LogP contribution < -0.4 is 0 Å². The summed E-state index contributed by atoms with van der Waals surface area (Å²) in [6, 6.07) is 5.66. The molecule has 0 aliphatic carbocycles. The number of rotatable bonds is 1. The van der Waals surface area contributed by atoms with E-state index in [1.165, 1.54) is 0 Å². The van der Waals surface area contributed by atoms with E-state index >= 15 is 0 Å². The Labute approximate surface area is 108 Å². The maximum absolute atomic E-state index is 6.08. The first-order valence-corrected chi connectivity index (χ1v) is 5.85. The van der Waals surface area contributed by atoms with Gasteiger partial charge in [-0.25, -0.2) is 4.98 Å². The van der Waals surface area contributed by atoms with Crippen molar-refractivity contribution in [3.8, 4) is 11.5 Å². The number of nitrogens with zero attached hydrogens (tertiary/aromatic N) is 5. The lowest BCUT2D eigenvalue weighted by Crippen LogP contribution is -2.01. The van der Waals surface area contributed by atoms with Crippen molar-refractivity contribution >= 4 is 17.2 Å². The summed E-state index contributed by atoms with van der Waals surface area (Å²) < 4.78 is 1.88. The van der Waals surface area contributed by atoms with Crippen molar-refractivity contribution in [3.05, 3.63) is 40.9 Å². The van der Waals surface area contributed by atoms with E-state index in [-0.39, 0.29) is 0 Å². The van der Waals surface area contributed by atoms with Crippen LogP contribution in [0.15, 0.2) is 24.4 Å². The van der Waals surface area contributed by atoms with Crippen LogP contribution in [0.1, 0.15) is 11.4 Å². The second-order valence-electron chi connectivity index (χ2n) is 3.97. The van der Waals surface area contributed by atoms with E-state index in [0.717, 1.165) is 17.1 Å². The number of fused-ring (bicyclic) bond motifs is 1. The van der Waals surface area contributed by atoms with Gasteiger partial charge >= 0.3 is 0 Å². The number of halogens is 1. The zero-order chi connectivity index (χ0) is 12.7. The summed E-state index contributed by atoms with van der Waals surface area (Å²) in [6.45, 7) is 3.87. The van der Waals surface area contributed by atoms with Crippen molar-refractivity contribution < 1.29 is 0 Å². The summed E-state index contributed by atoms with van der Waals surface area (Å²) in [5, 5.41) is 8.58. The smallest absolute Gasteiger partial charge is 0.199 e. The van der Waals surface area contributed by atoms with Crippen molar-refractivity contribution in [1.29, 1.82) is 0 Å². The van der Waals surface area contributed by atoms with Gasteiger partial charge in [0.05, 0.1) is 5.69 Å². The molecule has 0 unspecified atom stereocenters. The van der Waals surface area contributed by atoms with E-state index in [1.807, 2.05) is 36.4 Å². The molecule has 3 aromatic heterocycles. The SMILES string of the molecule is Cc1nc(Cl)c2nnc(-c3ccccn3)n2c1C. The minimum Gasteiger partial charge on any atom is -0.274 e. The van der Waals surface area contributed by atoms with Gasteiger partial charge < -0.3 is 0 Å². The normalized spacial score (nSPS) is 11.1. The Morgan fingerprint density at radius 1 is 1.17 bits per heavy atom. The molecule has 5 nitrogen and oxygen atoms in total. The summed E-state index contributed by atoms with van der Waals surface area (Å²) in [6.07, 6.45) is 1.72. The van der Waals surface area contributed by atoms with Crippen molar-refractivity contribution in [3.63, 3.8) is 0 Å². The Bertz CT molecular complexity index is 720. The van der Waals surface area contributed by atoms with Crippen LogP contribution in [0.3, 0.4) is 0 Å². The van der Waals surface area contributed by atoms with Gasteiger partial charge in [-0.05, 0) is 26.0 Å². The maximum atomic E-state index is 6.08. The molecule has 0 saturated carbocycles. The van der Waals surface area contributed by atoms with Crippen LogP contribution in [0.4, 0.5) is 0 Å². The second-order valence-corrected chi connectivity index (χ2v) is 4.33. The molecular formula is C12H10ClN5. The van der Waals surface area contributed by atoms with Gasteiger partial charge in [0.15, 0.2) is 16.6 Å². The fourth-order valence-corrected chi connectivity index (χ4v) is 2.09. The number of hydrogen-bond donors (Lipinski definition) is 0. The molecule has 0 aliphatic heterocycles. The highest BCUT2D eigenvalue weighted by Gasteiger charge is 2.15. The van der Waals surface area contributed by atoms with Crippen molar-refractivity contribution in [2.75, 3.05) is 0 Å². The highest BCUT2D eigenvalue weighted by molar-refractivity contribution is 6.32. The van der Waals surface area contributed by atoms with E-state index in [4.69, 9.17) is 11.6 Å². The highest BCUT2D eigenvalue weighted by atomic mass is 35.5. The van der Waals surface area contributed by atoms with E-state index < -0.39 is 0 Å². The maximum Gasteiger partial charge on any atom is 0.199 e. The van der Waals surface area contributed by atoms with Gasteiger partial charge in [-0.1, -0.05) is 17.7 Å². The fourth-order valence-electron chi connectivity index (χ4n) is 1.84. The fraction of sp³-hybridized carbons (Fsp3) is 0.167. The van der Waals surface area contributed by atoms with Crippen molar-refractivity contribution in [2.45, 2.75) is 13.8 Å². The van der Waals surface area contributed by atoms with E-state index in [0.29, 0.717) is 16.6 Å². The topological polar surface area (TPSA) is 56.0 Å². The van der Waals surface area contributed by atoms with E-state index in [1.54, 1.807) is 6.20 Å². The molecule has 0 aliphatic rings. The Morgan fingerprint density at radius 3 is 2.72 bits per heavy atom. The molecule has 0 saturated heterocycles. The standard InChI is InChI=1S/C12H10ClN5/c1-7-8(2)18-11(9-5-3-4-6-14-9)16-17-12(18)10(13)15-7/h3-6H,1-2H3. The number of hydrogen-bond acceptors (Lipinski definition) is 4. The van der Waals surface area contributed by atoms with Gasteiger partial charge in [0.2, 0.25) is 0 Å². The Morgan fingerprint density at radius 2 is 2.00 bits per heavy atom. The van der Waals surface area contributed by atoms with E-state index in [9.17, 15) is 0 Å². The molecular weight excluding hydrogens is 250 g/mol. The van der Waals surface area contributed by atoms with Crippen LogP contribution in [0, 0.1) is 13.8 Å². The molecule has 0 aromatic carbocycles. The third-order valence-electron chi connectivity index (χ3n) is 2.87. The summed E-state index contributed by atoms with van der Waals surface area (Å²) >= 11 is 6.08. The van der Waals surface area contributed by atoms with Crippen LogP contribution in [0.25, 0.3) is 17.2 Å². The summed E-state index contributed by atoms with van der Waals surface area (Å²) in [7, 11) is 0. The third kappa shape index (κ3) is 1.55. The quantitative estimate of drug-likeness (QED) is 0.674. The lowest BCUT2D eigenvalue weighted by atomic mass is 10.3. The summed E-state index contributed by atoms with van der Waals surface area (Å²) in [5.41, 5.74) is 3.12. The van der Waals surface area contributed by atoms with E-state index in [2.05, 4.69) is 20.2 Å². The number of pyridine rings is 1. The van der Waals surface area contributed by atoms with Gasteiger partial charge in [-0.3, -0.25) is 9.38 Å². The van der Waals surface area contributed by atoms with Gasteiger partial charge in [0, 0.05) is 11.9 Å². The number of aryl methyl sites for hydroxylation is 2. The Hall–Kier alpha value is -2.01. The number of aromatic nitrogens is 5. The largest absolute Gasteiger partial charge is 0.274 e. The average molecular weight is 260 g/mol. The third-order valence-corrected chi connectivity index (χ3v) is 3.12. The van der Waals surface area contributed by atoms with Gasteiger partial charge in [-0.15, -0.1) is 10.2 Å². The molecule has 6 heteroatoms. The summed E-state index contributed by atoms with van der Waals surface area (Å²) in [5.74, 6) is 0.676. The minimum absolute atomic E-state index is 0.354. The lowest BCUT2D eigenvalue weighted by Gasteiger charge is -2.06. The lowest BCUT2D eigenvalue weighted by molar-refractivity contribution is 0.994. The molecule has 0 atom stereocenters. The predicted molar refractivity (Wildman–Crippen MR) is 68.5 cm³/mol. The monoisotopic (exact) mass is 259 g/mol. The Kier molecular flexibility index (Phi) is 2.48. The molecule has 3 aromatic rings. The molecule has 18 heavy (non-hydrogen) atoms. The van der Waals surface area contributed by atoms with Crippen LogP contribution in [0.5, 0.6) is 0 Å². The molecule has 0 bridgehead atoms. The average Bonchev–Trinajstić information content (AvgIpc) is 2.82. The minimum atomic E-state index is 0.354. The van der Waals surface area contributed by atoms with Crippen LogP contribution in [-0.2, 0) is 0 Å². The second kappa shape index (κ2) is 4.03. The molecule has 0 N–H and O–H groups in total. The van der Waals surface area contributed by atoms with Gasteiger partial charge in [0.1, 0.15) is 5.69 Å². The van der Waals surface area contributed by atoms with Crippen LogP contribution in [-0.4, -0.2) is 24.6 Å². The zero-order valence-corrected chi connectivity index (χ0v) is 10.7. The molecule has 0 spiro atoms. The molecule has 3 rings (SSSR count). The Balaban J connectivity index is 2.39. The molecule has 0 amide bonds.